The molecule has 4 aromatic rings. The van der Waals surface area contributed by atoms with Crippen LogP contribution in [-0.2, 0) is 0 Å². The zero-order valence-electron chi connectivity index (χ0n) is 15.5. The summed E-state index contributed by atoms with van der Waals surface area (Å²) in [6, 6.07) is 20.9. The van der Waals surface area contributed by atoms with Crippen LogP contribution in [0.1, 0.15) is 0 Å². The zero-order chi connectivity index (χ0) is 21.1. The fraction of sp³-hybridized carbons (Fsp3) is 0. The van der Waals surface area contributed by atoms with E-state index < -0.39 is 10.5 Å². The van der Waals surface area contributed by atoms with Crippen molar-refractivity contribution in [2.24, 2.45) is 10.2 Å². The van der Waals surface area contributed by atoms with E-state index in [0.29, 0.717) is 17.1 Å². The minimum absolute atomic E-state index is 0.0343. The molecule has 0 atom stereocenters. The van der Waals surface area contributed by atoms with E-state index in [1.54, 1.807) is 12.1 Å². The van der Waals surface area contributed by atoms with Crippen LogP contribution in [0.2, 0.25) is 0 Å². The van der Waals surface area contributed by atoms with Crippen LogP contribution in [0, 0.1) is 10.1 Å². The summed E-state index contributed by atoms with van der Waals surface area (Å²) >= 11 is 0. The van der Waals surface area contributed by atoms with E-state index in [0.717, 1.165) is 5.56 Å². The van der Waals surface area contributed by atoms with E-state index in [4.69, 9.17) is 0 Å². The molecule has 0 spiro atoms. The van der Waals surface area contributed by atoms with Gasteiger partial charge in [0.15, 0.2) is 5.69 Å². The summed E-state index contributed by atoms with van der Waals surface area (Å²) in [6.45, 7) is 0. The molecule has 0 bridgehead atoms. The number of nitrogens with one attached hydrogen (secondary N) is 1. The minimum Gasteiger partial charge on any atom is -0.508 e. The fourth-order valence-corrected chi connectivity index (χ4v) is 2.90. The molecule has 1 aromatic heterocycles. The molecule has 0 saturated heterocycles. The Morgan fingerprint density at radius 1 is 0.933 bits per heavy atom. The molecule has 0 radical (unpaired) electrons. The monoisotopic (exact) mass is 401 g/mol. The number of benzene rings is 3. The summed E-state index contributed by atoms with van der Waals surface area (Å²) in [5.74, 6) is 0.0343. The second kappa shape index (κ2) is 7.84. The van der Waals surface area contributed by atoms with E-state index in [9.17, 15) is 20.0 Å². The number of hydrogen-bond acceptors (Lipinski definition) is 6. The molecule has 4 rings (SSSR count). The summed E-state index contributed by atoms with van der Waals surface area (Å²) in [4.78, 5) is 23.4. The second-order valence-corrected chi connectivity index (χ2v) is 6.34. The highest BCUT2D eigenvalue weighted by molar-refractivity contribution is 5.72. The number of nitro groups is 1. The van der Waals surface area contributed by atoms with Crippen molar-refractivity contribution in [1.82, 2.24) is 9.78 Å². The van der Waals surface area contributed by atoms with Crippen LogP contribution in [-0.4, -0.2) is 19.8 Å². The van der Waals surface area contributed by atoms with Gasteiger partial charge < -0.3 is 5.11 Å². The first-order chi connectivity index (χ1) is 14.5. The van der Waals surface area contributed by atoms with Gasteiger partial charge in [0, 0.05) is 23.8 Å². The normalized spacial score (nSPS) is 11.1. The number of nitrogens with zero attached hydrogens (tertiary/aromatic N) is 4. The number of aromatic amines is 1. The van der Waals surface area contributed by atoms with Gasteiger partial charge in [0.2, 0.25) is 0 Å². The lowest BCUT2D eigenvalue weighted by Crippen LogP contribution is -2.13. The van der Waals surface area contributed by atoms with Crippen LogP contribution in [0.5, 0.6) is 5.75 Å². The molecule has 0 aliphatic heterocycles. The van der Waals surface area contributed by atoms with E-state index in [1.165, 1.54) is 41.1 Å². The Balaban J connectivity index is 1.83. The van der Waals surface area contributed by atoms with Crippen molar-refractivity contribution in [1.29, 1.82) is 0 Å². The lowest BCUT2D eigenvalue weighted by molar-refractivity contribution is -0.384. The van der Waals surface area contributed by atoms with Gasteiger partial charge in [-0.05, 0) is 24.3 Å². The van der Waals surface area contributed by atoms with Crippen molar-refractivity contribution in [3.05, 3.63) is 99.3 Å². The summed E-state index contributed by atoms with van der Waals surface area (Å²) < 4.78 is 1.25. The Labute approximate surface area is 169 Å². The number of rotatable bonds is 5. The molecule has 0 unspecified atom stereocenters. The highest BCUT2D eigenvalue weighted by Gasteiger charge is 2.17. The van der Waals surface area contributed by atoms with Crippen molar-refractivity contribution < 1.29 is 10.0 Å². The fourth-order valence-electron chi connectivity index (χ4n) is 2.90. The first kappa shape index (κ1) is 18.8. The molecule has 9 nitrogen and oxygen atoms in total. The van der Waals surface area contributed by atoms with Crippen LogP contribution >= 0.6 is 0 Å². The minimum atomic E-state index is -0.508. The van der Waals surface area contributed by atoms with Gasteiger partial charge in [-0.3, -0.25) is 20.0 Å². The molecule has 0 aliphatic rings. The average Bonchev–Trinajstić information content (AvgIpc) is 3.09. The largest absolute Gasteiger partial charge is 0.508 e. The van der Waals surface area contributed by atoms with Crippen molar-refractivity contribution in [2.45, 2.75) is 0 Å². The second-order valence-electron chi connectivity index (χ2n) is 6.34. The Kier molecular flexibility index (Phi) is 4.92. The molecule has 9 heteroatoms. The van der Waals surface area contributed by atoms with Gasteiger partial charge in [-0.2, -0.15) is 5.11 Å². The van der Waals surface area contributed by atoms with Gasteiger partial charge in [0.1, 0.15) is 5.75 Å². The van der Waals surface area contributed by atoms with Crippen molar-refractivity contribution in [3.63, 3.8) is 0 Å². The smallest absolute Gasteiger partial charge is 0.299 e. The first-order valence-corrected chi connectivity index (χ1v) is 8.89. The lowest BCUT2D eigenvalue weighted by Gasteiger charge is -2.01. The van der Waals surface area contributed by atoms with Crippen molar-refractivity contribution >= 4 is 17.1 Å². The average molecular weight is 401 g/mol. The molecule has 148 valence electrons. The van der Waals surface area contributed by atoms with Gasteiger partial charge in [-0.25, -0.2) is 4.68 Å². The summed E-state index contributed by atoms with van der Waals surface area (Å²) in [7, 11) is 0. The number of nitro benzene ring substituents is 1. The number of H-pyrrole nitrogens is 1. The Bertz CT molecular complexity index is 1290. The third kappa shape index (κ3) is 3.72. The molecular weight excluding hydrogens is 386 g/mol. The van der Waals surface area contributed by atoms with Crippen LogP contribution in [0.25, 0.3) is 16.9 Å². The topological polar surface area (TPSA) is 126 Å². The summed E-state index contributed by atoms with van der Waals surface area (Å²) in [6.07, 6.45) is 0. The number of aromatic hydroxyl groups is 1. The Hall–Kier alpha value is -4.53. The molecule has 1 heterocycles. The van der Waals surface area contributed by atoms with Crippen LogP contribution in [0.3, 0.4) is 0 Å². The number of hydrogen-bond donors (Lipinski definition) is 2. The number of phenolic OH excluding ortho intramolecular Hbond substituents is 1. The zero-order valence-corrected chi connectivity index (χ0v) is 15.5. The van der Waals surface area contributed by atoms with E-state index in [2.05, 4.69) is 15.3 Å². The Morgan fingerprint density at radius 3 is 2.33 bits per heavy atom. The SMILES string of the molecule is O=c1c(N=Nc2cccc(O)c2)c(-c2ccccc2)[nH]n1-c1ccc([N+](=O)[O-])cc1. The van der Waals surface area contributed by atoms with Crippen molar-refractivity contribution in [3.8, 4) is 22.7 Å². The van der Waals surface area contributed by atoms with E-state index in [1.807, 2.05) is 30.3 Å². The summed E-state index contributed by atoms with van der Waals surface area (Å²) in [5, 5.41) is 31.7. The maximum Gasteiger partial charge on any atom is 0.299 e. The molecule has 0 fully saturated rings. The number of phenols is 1. The molecule has 0 amide bonds. The molecule has 0 saturated carbocycles. The molecule has 30 heavy (non-hydrogen) atoms. The third-order valence-electron chi connectivity index (χ3n) is 4.34. The Morgan fingerprint density at radius 2 is 1.67 bits per heavy atom. The highest BCUT2D eigenvalue weighted by atomic mass is 16.6. The quantitative estimate of drug-likeness (QED) is 0.281. The lowest BCUT2D eigenvalue weighted by atomic mass is 10.1. The van der Waals surface area contributed by atoms with Gasteiger partial charge in [0.05, 0.1) is 22.0 Å². The van der Waals surface area contributed by atoms with Crippen LogP contribution < -0.4 is 5.56 Å². The maximum absolute atomic E-state index is 13.1. The van der Waals surface area contributed by atoms with E-state index >= 15 is 0 Å². The van der Waals surface area contributed by atoms with Crippen LogP contribution in [0.15, 0.2) is 93.9 Å². The van der Waals surface area contributed by atoms with E-state index in [-0.39, 0.29) is 17.1 Å². The van der Waals surface area contributed by atoms with Crippen molar-refractivity contribution in [2.75, 3.05) is 0 Å². The van der Waals surface area contributed by atoms with Gasteiger partial charge >= 0.3 is 0 Å². The van der Waals surface area contributed by atoms with Gasteiger partial charge in [0.25, 0.3) is 11.2 Å². The molecular formula is C21H15N5O4. The molecule has 2 N–H and O–H groups in total. The standard InChI is InChI=1S/C21H15N5O4/c27-18-8-4-7-15(13-18)22-23-20-19(14-5-2-1-3-6-14)24-25(21(20)28)16-9-11-17(12-10-16)26(29)30/h1-13,24,27H. The number of aromatic nitrogens is 2. The van der Waals surface area contributed by atoms with Gasteiger partial charge in [-0.15, -0.1) is 5.11 Å². The third-order valence-corrected chi connectivity index (χ3v) is 4.34. The van der Waals surface area contributed by atoms with Crippen LogP contribution in [0.4, 0.5) is 17.1 Å². The number of azo groups is 1. The predicted molar refractivity (Wildman–Crippen MR) is 111 cm³/mol. The summed E-state index contributed by atoms with van der Waals surface area (Å²) in [5.41, 5.74) is 1.50. The predicted octanol–water partition coefficient (Wildman–Crippen LogP) is 4.86. The molecule has 0 aliphatic carbocycles. The van der Waals surface area contributed by atoms with Gasteiger partial charge in [-0.1, -0.05) is 36.4 Å². The first-order valence-electron chi connectivity index (χ1n) is 8.89. The molecule has 3 aromatic carbocycles. The maximum atomic E-state index is 13.1. The highest BCUT2D eigenvalue weighted by Crippen LogP contribution is 2.29. The number of non-ortho nitro benzene ring substituents is 1.